The van der Waals surface area contributed by atoms with Crippen molar-refractivity contribution in [2.24, 2.45) is 16.6 Å². The van der Waals surface area contributed by atoms with E-state index in [1.54, 1.807) is 0 Å². The zero-order valence-corrected chi connectivity index (χ0v) is 12.7. The molecule has 0 heterocycles. The highest BCUT2D eigenvalue weighted by molar-refractivity contribution is 5.77. The van der Waals surface area contributed by atoms with Crippen LogP contribution < -0.4 is 11.1 Å². The van der Waals surface area contributed by atoms with Crippen LogP contribution in [0.15, 0.2) is 4.99 Å². The predicted molar refractivity (Wildman–Crippen MR) is 81.4 cm³/mol. The van der Waals surface area contributed by atoms with Crippen molar-refractivity contribution in [3.63, 3.8) is 0 Å². The fourth-order valence-electron chi connectivity index (χ4n) is 2.29. The quantitative estimate of drug-likeness (QED) is 0.404. The molecule has 4 nitrogen and oxygen atoms in total. The van der Waals surface area contributed by atoms with Gasteiger partial charge >= 0.3 is 0 Å². The van der Waals surface area contributed by atoms with E-state index in [0.717, 1.165) is 32.5 Å². The van der Waals surface area contributed by atoms with Crippen LogP contribution in [0.25, 0.3) is 0 Å². The van der Waals surface area contributed by atoms with Gasteiger partial charge < -0.3 is 15.8 Å². The summed E-state index contributed by atoms with van der Waals surface area (Å²) in [7, 11) is 0. The highest BCUT2D eigenvalue weighted by atomic mass is 16.5. The second-order valence-corrected chi connectivity index (χ2v) is 5.86. The lowest BCUT2D eigenvalue weighted by Crippen LogP contribution is -2.33. The normalized spacial score (nSPS) is 17.9. The van der Waals surface area contributed by atoms with Crippen molar-refractivity contribution in [2.45, 2.75) is 64.9 Å². The number of nitrogens with one attached hydrogen (secondary N) is 1. The fraction of sp³-hybridized carbons (Fsp3) is 0.933. The Bertz CT molecular complexity index is 248. The van der Waals surface area contributed by atoms with Crippen LogP contribution in [0.4, 0.5) is 0 Å². The van der Waals surface area contributed by atoms with Crippen LogP contribution in [0.2, 0.25) is 0 Å². The first kappa shape index (κ1) is 16.3. The van der Waals surface area contributed by atoms with Gasteiger partial charge in [0, 0.05) is 19.7 Å². The minimum absolute atomic E-state index is 0.499. The summed E-state index contributed by atoms with van der Waals surface area (Å²) in [6.45, 7) is 6.89. The Morgan fingerprint density at radius 3 is 2.74 bits per heavy atom. The molecule has 0 aromatic carbocycles. The number of nitrogens with two attached hydrogens (primary N) is 1. The number of hydrogen-bond acceptors (Lipinski definition) is 2. The number of ether oxygens (including phenoxy) is 1. The molecular formula is C15H31N3O. The summed E-state index contributed by atoms with van der Waals surface area (Å²) in [6, 6.07) is 0. The van der Waals surface area contributed by atoms with Crippen molar-refractivity contribution in [1.82, 2.24) is 5.32 Å². The van der Waals surface area contributed by atoms with E-state index in [9.17, 15) is 0 Å². The summed E-state index contributed by atoms with van der Waals surface area (Å²) in [5.74, 6) is 1.27. The number of nitrogens with zero attached hydrogens (tertiary/aromatic N) is 1. The van der Waals surface area contributed by atoms with E-state index in [0.29, 0.717) is 18.0 Å². The number of guanidine groups is 1. The van der Waals surface area contributed by atoms with E-state index in [-0.39, 0.29) is 0 Å². The van der Waals surface area contributed by atoms with Gasteiger partial charge in [0.05, 0.1) is 6.10 Å². The zero-order chi connectivity index (χ0) is 13.9. The Hall–Kier alpha value is -0.770. The molecule has 0 aromatic rings. The minimum Gasteiger partial charge on any atom is -0.378 e. The molecule has 1 rings (SSSR count). The molecule has 0 unspecified atom stereocenters. The number of aliphatic imine (C=N–C) groups is 1. The summed E-state index contributed by atoms with van der Waals surface area (Å²) >= 11 is 0. The third kappa shape index (κ3) is 8.87. The Balaban J connectivity index is 1.96. The molecule has 0 atom stereocenters. The van der Waals surface area contributed by atoms with Crippen molar-refractivity contribution < 1.29 is 4.74 Å². The third-order valence-electron chi connectivity index (χ3n) is 3.52. The molecule has 0 saturated heterocycles. The smallest absolute Gasteiger partial charge is 0.188 e. The van der Waals surface area contributed by atoms with Gasteiger partial charge in [0.1, 0.15) is 0 Å². The Kier molecular flexibility index (Phi) is 8.63. The van der Waals surface area contributed by atoms with Gasteiger partial charge in [-0.2, -0.15) is 0 Å². The summed E-state index contributed by atoms with van der Waals surface area (Å²) in [5.41, 5.74) is 5.78. The first-order valence-electron chi connectivity index (χ1n) is 7.84. The topological polar surface area (TPSA) is 59.6 Å². The second-order valence-electron chi connectivity index (χ2n) is 5.86. The molecule has 3 N–H and O–H groups in total. The average Bonchev–Trinajstić information content (AvgIpc) is 2.39. The SMILES string of the molecule is CC(C)CCNC(N)=NCCCOC1CCCCC1. The molecule has 0 amide bonds. The molecule has 0 aliphatic heterocycles. The second kappa shape index (κ2) is 10.1. The molecule has 1 aliphatic carbocycles. The molecule has 0 bridgehead atoms. The molecule has 1 aliphatic rings. The van der Waals surface area contributed by atoms with Gasteiger partial charge in [0.2, 0.25) is 0 Å². The van der Waals surface area contributed by atoms with Gasteiger partial charge in [0.15, 0.2) is 5.96 Å². The van der Waals surface area contributed by atoms with Crippen LogP contribution in [0.1, 0.15) is 58.8 Å². The van der Waals surface area contributed by atoms with Crippen LogP contribution >= 0.6 is 0 Å². The lowest BCUT2D eigenvalue weighted by Gasteiger charge is -2.21. The standard InChI is InChI=1S/C15H31N3O/c1-13(2)9-11-18-15(16)17-10-6-12-19-14-7-4-3-5-8-14/h13-14H,3-12H2,1-2H3,(H3,16,17,18). The van der Waals surface area contributed by atoms with Gasteiger partial charge in [-0.1, -0.05) is 33.1 Å². The highest BCUT2D eigenvalue weighted by Gasteiger charge is 2.12. The lowest BCUT2D eigenvalue weighted by atomic mass is 9.98. The van der Waals surface area contributed by atoms with Crippen molar-refractivity contribution in [3.8, 4) is 0 Å². The maximum atomic E-state index is 5.85. The lowest BCUT2D eigenvalue weighted by molar-refractivity contribution is 0.0281. The zero-order valence-electron chi connectivity index (χ0n) is 12.7. The first-order chi connectivity index (χ1) is 9.18. The van der Waals surface area contributed by atoms with Crippen LogP contribution in [0.3, 0.4) is 0 Å². The maximum Gasteiger partial charge on any atom is 0.188 e. The molecular weight excluding hydrogens is 238 g/mol. The maximum absolute atomic E-state index is 5.85. The predicted octanol–water partition coefficient (Wildman–Crippen LogP) is 2.68. The molecule has 4 heteroatoms. The van der Waals surface area contributed by atoms with Gasteiger partial charge in [0.25, 0.3) is 0 Å². The molecule has 0 radical (unpaired) electrons. The Labute approximate surface area is 118 Å². The summed E-state index contributed by atoms with van der Waals surface area (Å²) in [4.78, 5) is 4.31. The summed E-state index contributed by atoms with van der Waals surface area (Å²) < 4.78 is 5.85. The van der Waals surface area contributed by atoms with Crippen molar-refractivity contribution in [1.29, 1.82) is 0 Å². The van der Waals surface area contributed by atoms with E-state index in [4.69, 9.17) is 10.5 Å². The molecule has 1 fully saturated rings. The van der Waals surface area contributed by atoms with Crippen molar-refractivity contribution in [2.75, 3.05) is 19.7 Å². The fourth-order valence-corrected chi connectivity index (χ4v) is 2.29. The van der Waals surface area contributed by atoms with E-state index in [2.05, 4.69) is 24.2 Å². The first-order valence-corrected chi connectivity index (χ1v) is 7.84. The molecule has 1 saturated carbocycles. The van der Waals surface area contributed by atoms with Gasteiger partial charge in [-0.15, -0.1) is 0 Å². The molecule has 0 spiro atoms. The highest BCUT2D eigenvalue weighted by Crippen LogP contribution is 2.20. The van der Waals surface area contributed by atoms with Crippen LogP contribution in [-0.4, -0.2) is 31.8 Å². The van der Waals surface area contributed by atoms with Crippen molar-refractivity contribution >= 4 is 5.96 Å². The molecule has 0 aromatic heterocycles. The van der Waals surface area contributed by atoms with Crippen LogP contribution in [0.5, 0.6) is 0 Å². The van der Waals surface area contributed by atoms with E-state index >= 15 is 0 Å². The Morgan fingerprint density at radius 1 is 1.32 bits per heavy atom. The van der Waals surface area contributed by atoms with E-state index < -0.39 is 0 Å². The van der Waals surface area contributed by atoms with Crippen LogP contribution in [-0.2, 0) is 4.74 Å². The van der Waals surface area contributed by atoms with E-state index in [1.807, 2.05) is 0 Å². The van der Waals surface area contributed by atoms with Gasteiger partial charge in [-0.25, -0.2) is 0 Å². The number of rotatable bonds is 8. The van der Waals surface area contributed by atoms with Crippen molar-refractivity contribution in [3.05, 3.63) is 0 Å². The monoisotopic (exact) mass is 269 g/mol. The Morgan fingerprint density at radius 2 is 2.05 bits per heavy atom. The third-order valence-corrected chi connectivity index (χ3v) is 3.52. The largest absolute Gasteiger partial charge is 0.378 e. The van der Waals surface area contributed by atoms with Gasteiger partial charge in [-0.3, -0.25) is 4.99 Å². The molecule has 19 heavy (non-hydrogen) atoms. The van der Waals surface area contributed by atoms with Gasteiger partial charge in [-0.05, 0) is 31.6 Å². The van der Waals surface area contributed by atoms with E-state index in [1.165, 1.54) is 32.1 Å². The van der Waals surface area contributed by atoms with Crippen LogP contribution in [0, 0.1) is 5.92 Å². The average molecular weight is 269 g/mol. The number of hydrogen-bond donors (Lipinski definition) is 2. The minimum atomic E-state index is 0.499. The molecule has 112 valence electrons. The summed E-state index contributed by atoms with van der Waals surface area (Å²) in [6.07, 6.45) is 9.10. The summed E-state index contributed by atoms with van der Waals surface area (Å²) in [5, 5.41) is 3.14.